The maximum Gasteiger partial charge on any atom is 0.236 e. The molecule has 0 bridgehead atoms. The van der Waals surface area contributed by atoms with Crippen LogP contribution >= 0.6 is 22.7 Å². The van der Waals surface area contributed by atoms with Crippen LogP contribution in [-0.4, -0.2) is 14.5 Å². The zero-order valence-electron chi connectivity index (χ0n) is 26.3. The maximum absolute atomic E-state index is 6.23. The smallest absolute Gasteiger partial charge is 0.236 e. The first-order valence-corrected chi connectivity index (χ1v) is 18.3. The van der Waals surface area contributed by atoms with Crippen LogP contribution in [0.2, 0.25) is 0 Å². The minimum Gasteiger partial charge on any atom is -0.456 e. The zero-order valence-corrected chi connectivity index (χ0v) is 28.0. The molecular formula is C44H23N3OS2. The molecule has 0 spiro atoms. The highest BCUT2D eigenvalue weighted by molar-refractivity contribution is 7.27. The van der Waals surface area contributed by atoms with E-state index in [2.05, 4.69) is 132 Å². The molecule has 0 aliphatic rings. The summed E-state index contributed by atoms with van der Waals surface area (Å²) in [5.74, 6) is 0.674. The van der Waals surface area contributed by atoms with Gasteiger partial charge in [0.05, 0.1) is 16.7 Å². The number of aromatic nitrogens is 3. The van der Waals surface area contributed by atoms with Crippen molar-refractivity contribution in [3.05, 3.63) is 140 Å². The van der Waals surface area contributed by atoms with Crippen molar-refractivity contribution in [2.45, 2.75) is 0 Å². The molecule has 7 aromatic carbocycles. The van der Waals surface area contributed by atoms with Gasteiger partial charge in [-0.3, -0.25) is 4.57 Å². The van der Waals surface area contributed by atoms with E-state index in [1.807, 2.05) is 23.5 Å². The number of rotatable bonds is 2. The Morgan fingerprint density at radius 2 is 1.12 bits per heavy atom. The van der Waals surface area contributed by atoms with E-state index in [0.29, 0.717) is 5.95 Å². The second-order valence-electron chi connectivity index (χ2n) is 12.9. The van der Waals surface area contributed by atoms with Crippen LogP contribution in [0, 0.1) is 0 Å². The van der Waals surface area contributed by atoms with E-state index in [4.69, 9.17) is 14.4 Å². The minimum atomic E-state index is 0.674. The Morgan fingerprint density at radius 1 is 0.480 bits per heavy atom. The van der Waals surface area contributed by atoms with E-state index in [1.165, 1.54) is 51.8 Å². The molecule has 50 heavy (non-hydrogen) atoms. The summed E-state index contributed by atoms with van der Waals surface area (Å²) in [6, 6.07) is 49.6. The molecule has 0 amide bonds. The molecule has 0 atom stereocenters. The number of hydrogen-bond donors (Lipinski definition) is 0. The number of thiophene rings is 2. The second kappa shape index (κ2) is 9.76. The molecule has 6 heteroatoms. The summed E-state index contributed by atoms with van der Waals surface area (Å²) in [5, 5.41) is 12.0. The Balaban J connectivity index is 1.26. The molecule has 0 aliphatic carbocycles. The van der Waals surface area contributed by atoms with E-state index in [0.717, 1.165) is 54.4 Å². The number of fused-ring (bicyclic) bond motifs is 16. The highest BCUT2D eigenvalue weighted by Gasteiger charge is 2.24. The number of para-hydroxylation sites is 2. The lowest BCUT2D eigenvalue weighted by atomic mass is 10.00. The SMILES string of the molecule is c1ccc2c(c1)oc1ccc(-c3nc(-n4c5ccccc5c5c6sc7ccccc7c6c6ccccc6c54)nc4sc5ccccc5c34)cc12. The molecule has 0 saturated carbocycles. The number of benzene rings is 7. The Morgan fingerprint density at radius 3 is 1.96 bits per heavy atom. The third-order valence-corrected chi connectivity index (χ3v) is 12.5. The third kappa shape index (κ3) is 3.49. The predicted octanol–water partition coefficient (Wildman–Crippen LogP) is 13.0. The molecule has 0 saturated heterocycles. The predicted molar refractivity (Wildman–Crippen MR) is 212 cm³/mol. The molecule has 0 radical (unpaired) electrons. The van der Waals surface area contributed by atoms with Crippen molar-refractivity contribution < 1.29 is 4.42 Å². The third-order valence-electron chi connectivity index (χ3n) is 10.2. The van der Waals surface area contributed by atoms with Crippen LogP contribution in [0.3, 0.4) is 0 Å². The van der Waals surface area contributed by atoms with Gasteiger partial charge < -0.3 is 4.42 Å². The van der Waals surface area contributed by atoms with Crippen molar-refractivity contribution in [1.82, 2.24) is 14.5 Å². The van der Waals surface area contributed by atoms with Gasteiger partial charge in [-0.25, -0.2) is 9.97 Å². The van der Waals surface area contributed by atoms with Gasteiger partial charge in [0.1, 0.15) is 16.0 Å². The van der Waals surface area contributed by atoms with Crippen LogP contribution in [0.25, 0.3) is 112 Å². The van der Waals surface area contributed by atoms with E-state index >= 15 is 0 Å². The first-order valence-electron chi connectivity index (χ1n) is 16.7. The lowest BCUT2D eigenvalue weighted by molar-refractivity contribution is 0.669. The lowest BCUT2D eigenvalue weighted by Crippen LogP contribution is -2.03. The summed E-state index contributed by atoms with van der Waals surface area (Å²) in [7, 11) is 0. The molecule has 12 rings (SSSR count). The van der Waals surface area contributed by atoms with Gasteiger partial charge >= 0.3 is 0 Å². The Hall–Kier alpha value is -6.08. The van der Waals surface area contributed by atoms with Crippen LogP contribution in [0.15, 0.2) is 144 Å². The molecule has 5 heterocycles. The zero-order chi connectivity index (χ0) is 32.5. The molecular weight excluding hydrogens is 651 g/mol. The molecule has 4 nitrogen and oxygen atoms in total. The molecule has 0 fully saturated rings. The van der Waals surface area contributed by atoms with Gasteiger partial charge in [-0.1, -0.05) is 97.1 Å². The minimum absolute atomic E-state index is 0.674. The van der Waals surface area contributed by atoms with Crippen molar-refractivity contribution in [1.29, 1.82) is 0 Å². The summed E-state index contributed by atoms with van der Waals surface area (Å²) in [4.78, 5) is 12.0. The van der Waals surface area contributed by atoms with Crippen molar-refractivity contribution in [2.75, 3.05) is 0 Å². The summed E-state index contributed by atoms with van der Waals surface area (Å²) in [6.45, 7) is 0. The van der Waals surface area contributed by atoms with Crippen molar-refractivity contribution in [2.24, 2.45) is 0 Å². The molecule has 232 valence electrons. The van der Waals surface area contributed by atoms with E-state index < -0.39 is 0 Å². The van der Waals surface area contributed by atoms with Crippen molar-refractivity contribution in [3.63, 3.8) is 0 Å². The molecule has 0 N–H and O–H groups in total. The average Bonchev–Trinajstić information content (AvgIpc) is 3.93. The summed E-state index contributed by atoms with van der Waals surface area (Å²) in [5.41, 5.74) is 5.96. The number of hydrogen-bond acceptors (Lipinski definition) is 5. The van der Waals surface area contributed by atoms with E-state index in [1.54, 1.807) is 11.3 Å². The Labute approximate surface area is 292 Å². The van der Waals surface area contributed by atoms with Gasteiger partial charge in [0.15, 0.2) is 0 Å². The topological polar surface area (TPSA) is 43.9 Å². The van der Waals surface area contributed by atoms with Gasteiger partial charge in [0.25, 0.3) is 0 Å². The van der Waals surface area contributed by atoms with Gasteiger partial charge in [0, 0.05) is 68.1 Å². The summed E-state index contributed by atoms with van der Waals surface area (Å²) < 4.78 is 12.3. The lowest BCUT2D eigenvalue weighted by Gasteiger charge is -2.12. The first kappa shape index (κ1) is 26.8. The van der Waals surface area contributed by atoms with Crippen LogP contribution in [0.5, 0.6) is 0 Å². The number of furan rings is 1. The standard InChI is InChI=1S/C44H23N3OS2/c1-2-13-27-26(12-1)37-29-15-5-9-19-35(29)49-42(37)39-28-14-3-7-17-32(28)47(41(27)39)44-45-40(38-30-16-6-10-20-36(30)50-43(38)46-44)24-21-22-34-31(23-24)25-11-4-8-18-33(25)48-34/h1-23H. The fraction of sp³-hybridized carbons (Fsp3) is 0. The summed E-state index contributed by atoms with van der Waals surface area (Å²) >= 11 is 3.61. The van der Waals surface area contributed by atoms with Crippen molar-refractivity contribution in [3.8, 4) is 17.2 Å². The van der Waals surface area contributed by atoms with Gasteiger partial charge in [-0.05, 0) is 47.9 Å². The van der Waals surface area contributed by atoms with Crippen LogP contribution in [0.1, 0.15) is 0 Å². The monoisotopic (exact) mass is 673 g/mol. The fourth-order valence-corrected chi connectivity index (χ4v) is 10.5. The second-order valence-corrected chi connectivity index (χ2v) is 15.0. The van der Waals surface area contributed by atoms with Crippen LogP contribution in [-0.2, 0) is 0 Å². The Bertz CT molecular complexity index is 3400. The Kier molecular flexibility index (Phi) is 5.23. The normalized spacial score (nSPS) is 12.4. The highest BCUT2D eigenvalue weighted by atomic mass is 32.1. The maximum atomic E-state index is 6.23. The first-order chi connectivity index (χ1) is 24.8. The average molecular weight is 674 g/mol. The quantitative estimate of drug-likeness (QED) is 0.183. The van der Waals surface area contributed by atoms with E-state index in [-0.39, 0.29) is 0 Å². The van der Waals surface area contributed by atoms with Gasteiger partial charge in [-0.15, -0.1) is 22.7 Å². The largest absolute Gasteiger partial charge is 0.456 e. The molecule has 0 unspecified atom stereocenters. The van der Waals surface area contributed by atoms with Crippen LogP contribution < -0.4 is 0 Å². The van der Waals surface area contributed by atoms with Gasteiger partial charge in [-0.2, -0.15) is 0 Å². The molecule has 12 aromatic rings. The van der Waals surface area contributed by atoms with Gasteiger partial charge in [0.2, 0.25) is 5.95 Å². The molecule has 0 aliphatic heterocycles. The fourth-order valence-electron chi connectivity index (χ4n) is 8.12. The van der Waals surface area contributed by atoms with E-state index in [9.17, 15) is 0 Å². The molecule has 5 aromatic heterocycles. The number of nitrogens with zero attached hydrogens (tertiary/aromatic N) is 3. The van der Waals surface area contributed by atoms with Crippen LogP contribution in [0.4, 0.5) is 0 Å². The van der Waals surface area contributed by atoms with Crippen molar-refractivity contribution >= 4 is 118 Å². The summed E-state index contributed by atoms with van der Waals surface area (Å²) in [6.07, 6.45) is 0. The highest BCUT2D eigenvalue weighted by Crippen LogP contribution is 2.48.